The van der Waals surface area contributed by atoms with Gasteiger partial charge in [0.25, 0.3) is 11.6 Å². The largest absolute Gasteiger partial charge is 0.456 e. The van der Waals surface area contributed by atoms with Gasteiger partial charge in [-0.15, -0.1) is 0 Å². The van der Waals surface area contributed by atoms with Crippen LogP contribution in [-0.4, -0.2) is 42.0 Å². The van der Waals surface area contributed by atoms with Gasteiger partial charge in [-0.3, -0.25) is 25.0 Å². The summed E-state index contributed by atoms with van der Waals surface area (Å²) in [4.78, 5) is 44.5. The first-order chi connectivity index (χ1) is 11.8. The molecule has 136 valence electrons. The lowest BCUT2D eigenvalue weighted by Crippen LogP contribution is -2.44. The van der Waals surface area contributed by atoms with Crippen LogP contribution in [0, 0.1) is 10.1 Å². The minimum Gasteiger partial charge on any atom is -0.456 e. The molecule has 0 aliphatic rings. The second-order valence-electron chi connectivity index (χ2n) is 5.29. The highest BCUT2D eigenvalue weighted by Crippen LogP contribution is 2.22. The number of hydrogen-bond donors (Lipinski definition) is 3. The smallest absolute Gasteiger partial charge is 0.321 e. The van der Waals surface area contributed by atoms with E-state index in [1.54, 1.807) is 19.9 Å². The number of anilines is 1. The number of carbonyl (C=O) groups excluding carboxylic acids is 3. The molecule has 0 heterocycles. The molecule has 25 heavy (non-hydrogen) atoms. The monoisotopic (exact) mass is 352 g/mol. The van der Waals surface area contributed by atoms with Crippen molar-refractivity contribution in [2.45, 2.75) is 26.3 Å². The van der Waals surface area contributed by atoms with Crippen molar-refractivity contribution < 1.29 is 24.0 Å². The number of nitrogens with one attached hydrogen (secondary N) is 3. The molecule has 0 aliphatic heterocycles. The minimum absolute atomic E-state index is 0.0964. The maximum atomic E-state index is 11.5. The molecule has 0 saturated heterocycles. The number of urea groups is 1. The molecule has 0 atom stereocenters. The summed E-state index contributed by atoms with van der Waals surface area (Å²) in [5.74, 6) is -1.43. The summed E-state index contributed by atoms with van der Waals surface area (Å²) in [6, 6.07) is 5.21. The molecule has 0 unspecified atom stereocenters. The van der Waals surface area contributed by atoms with Gasteiger partial charge in [-0.25, -0.2) is 4.79 Å². The molecule has 1 aromatic carbocycles. The van der Waals surface area contributed by atoms with Gasteiger partial charge in [0, 0.05) is 18.7 Å². The first-order valence-corrected chi connectivity index (χ1v) is 7.53. The van der Waals surface area contributed by atoms with E-state index in [1.807, 2.05) is 5.32 Å². The van der Waals surface area contributed by atoms with E-state index in [0.717, 1.165) is 0 Å². The minimum atomic E-state index is -0.752. The van der Waals surface area contributed by atoms with Crippen LogP contribution in [0.3, 0.4) is 0 Å². The molecule has 0 spiro atoms. The maximum Gasteiger partial charge on any atom is 0.321 e. The average molecular weight is 352 g/mol. The molecule has 10 nitrogen and oxygen atoms in total. The van der Waals surface area contributed by atoms with E-state index in [0.29, 0.717) is 0 Å². The lowest BCUT2D eigenvalue weighted by molar-refractivity contribution is -0.384. The Kier molecular flexibility index (Phi) is 7.83. The Bertz CT molecular complexity index is 647. The van der Waals surface area contributed by atoms with Crippen molar-refractivity contribution >= 4 is 29.3 Å². The van der Waals surface area contributed by atoms with Crippen LogP contribution in [0.25, 0.3) is 0 Å². The molecule has 0 fully saturated rings. The topological polar surface area (TPSA) is 140 Å². The second kappa shape index (κ2) is 9.85. The fourth-order valence-electron chi connectivity index (χ4n) is 1.76. The van der Waals surface area contributed by atoms with E-state index in [-0.39, 0.29) is 30.4 Å². The van der Waals surface area contributed by atoms with Gasteiger partial charge in [-0.05, 0) is 19.9 Å². The summed E-state index contributed by atoms with van der Waals surface area (Å²) in [6.07, 6.45) is -0.0997. The number of esters is 1. The highest BCUT2D eigenvalue weighted by molar-refractivity contribution is 5.95. The third-order valence-electron chi connectivity index (χ3n) is 2.78. The third-order valence-corrected chi connectivity index (χ3v) is 2.78. The summed E-state index contributed by atoms with van der Waals surface area (Å²) >= 11 is 0. The number of amides is 3. The zero-order valence-corrected chi connectivity index (χ0v) is 13.9. The Morgan fingerprint density at radius 3 is 2.56 bits per heavy atom. The highest BCUT2D eigenvalue weighted by atomic mass is 16.6. The van der Waals surface area contributed by atoms with Crippen LogP contribution in [0.2, 0.25) is 0 Å². The molecule has 0 saturated carbocycles. The van der Waals surface area contributed by atoms with Gasteiger partial charge < -0.3 is 15.4 Å². The zero-order chi connectivity index (χ0) is 18.8. The Morgan fingerprint density at radius 2 is 1.92 bits per heavy atom. The van der Waals surface area contributed by atoms with Crippen LogP contribution >= 0.6 is 0 Å². The van der Waals surface area contributed by atoms with E-state index in [9.17, 15) is 24.5 Å². The summed E-state index contributed by atoms with van der Waals surface area (Å²) in [5.41, 5.74) is 0.176. The number of carbonyl (C=O) groups is 3. The molecule has 0 bridgehead atoms. The van der Waals surface area contributed by atoms with Crippen LogP contribution in [0.1, 0.15) is 20.3 Å². The predicted octanol–water partition coefficient (Wildman–Crippen LogP) is 1.17. The number of nitro groups is 1. The Labute approximate surface area is 144 Å². The van der Waals surface area contributed by atoms with Gasteiger partial charge in [0.1, 0.15) is 5.69 Å². The first-order valence-electron chi connectivity index (χ1n) is 7.53. The first kappa shape index (κ1) is 19.9. The van der Waals surface area contributed by atoms with Crippen LogP contribution in [0.15, 0.2) is 24.3 Å². The summed E-state index contributed by atoms with van der Waals surface area (Å²) < 4.78 is 4.72. The van der Waals surface area contributed by atoms with Crippen molar-refractivity contribution in [1.29, 1.82) is 0 Å². The number of benzene rings is 1. The number of ether oxygens (including phenoxy) is 1. The fourth-order valence-corrected chi connectivity index (χ4v) is 1.76. The SMILES string of the molecule is CC(C)NC(=O)NC(=O)COC(=O)CCNc1ccccc1[N+](=O)[O-]. The molecule has 0 aliphatic carbocycles. The van der Waals surface area contributed by atoms with Crippen LogP contribution in [-0.2, 0) is 14.3 Å². The number of nitrogens with zero attached hydrogens (tertiary/aromatic N) is 1. The molecule has 3 N–H and O–H groups in total. The normalized spacial score (nSPS) is 10.0. The molecule has 10 heteroatoms. The van der Waals surface area contributed by atoms with Crippen molar-refractivity contribution in [3.8, 4) is 0 Å². The number of nitro benzene ring substituents is 1. The lowest BCUT2D eigenvalue weighted by atomic mass is 10.2. The van der Waals surface area contributed by atoms with Gasteiger partial charge in [0.2, 0.25) is 0 Å². The molecular weight excluding hydrogens is 332 g/mol. The van der Waals surface area contributed by atoms with Crippen molar-refractivity contribution in [1.82, 2.24) is 10.6 Å². The van der Waals surface area contributed by atoms with E-state index >= 15 is 0 Å². The van der Waals surface area contributed by atoms with Crippen molar-refractivity contribution in [3.63, 3.8) is 0 Å². The standard InChI is InChI=1S/C15H20N4O6/c1-10(2)17-15(22)18-13(20)9-25-14(21)7-8-16-11-5-3-4-6-12(11)19(23)24/h3-6,10,16H,7-9H2,1-2H3,(H2,17,18,20,22). The quantitative estimate of drug-likeness (QED) is 0.362. The number of imide groups is 1. The van der Waals surface area contributed by atoms with Gasteiger partial charge in [0.15, 0.2) is 6.61 Å². The fraction of sp³-hybridized carbons (Fsp3) is 0.400. The van der Waals surface area contributed by atoms with Crippen molar-refractivity contribution in [3.05, 3.63) is 34.4 Å². The van der Waals surface area contributed by atoms with Crippen LogP contribution in [0.4, 0.5) is 16.2 Å². The van der Waals surface area contributed by atoms with Gasteiger partial charge in [0.05, 0.1) is 11.3 Å². The van der Waals surface area contributed by atoms with Crippen LogP contribution in [0.5, 0.6) is 0 Å². The Hall–Kier alpha value is -3.17. The van der Waals surface area contributed by atoms with Gasteiger partial charge >= 0.3 is 12.0 Å². The number of rotatable bonds is 8. The van der Waals surface area contributed by atoms with Crippen molar-refractivity contribution in [2.24, 2.45) is 0 Å². The van der Waals surface area contributed by atoms with Gasteiger partial charge in [-0.2, -0.15) is 0 Å². The van der Waals surface area contributed by atoms with Gasteiger partial charge in [-0.1, -0.05) is 12.1 Å². The average Bonchev–Trinajstić information content (AvgIpc) is 2.52. The zero-order valence-electron chi connectivity index (χ0n) is 13.9. The summed E-state index contributed by atoms with van der Waals surface area (Å²) in [5, 5.41) is 18.1. The summed E-state index contributed by atoms with van der Waals surface area (Å²) in [7, 11) is 0. The highest BCUT2D eigenvalue weighted by Gasteiger charge is 2.14. The molecule has 1 rings (SSSR count). The molecule has 1 aromatic rings. The number of para-hydroxylation sites is 2. The lowest BCUT2D eigenvalue weighted by Gasteiger charge is -2.10. The van der Waals surface area contributed by atoms with E-state index in [4.69, 9.17) is 4.74 Å². The van der Waals surface area contributed by atoms with E-state index in [2.05, 4.69) is 10.6 Å². The van der Waals surface area contributed by atoms with E-state index < -0.39 is 29.4 Å². The Balaban J connectivity index is 2.31. The van der Waals surface area contributed by atoms with E-state index in [1.165, 1.54) is 18.2 Å². The predicted molar refractivity (Wildman–Crippen MR) is 89.0 cm³/mol. The number of hydrogen-bond acceptors (Lipinski definition) is 7. The third kappa shape index (κ3) is 7.77. The maximum absolute atomic E-state index is 11.5. The molecule has 0 radical (unpaired) electrons. The van der Waals surface area contributed by atoms with Crippen LogP contribution < -0.4 is 16.0 Å². The summed E-state index contributed by atoms with van der Waals surface area (Å²) in [6.45, 7) is 2.97. The Morgan fingerprint density at radius 1 is 1.24 bits per heavy atom. The van der Waals surface area contributed by atoms with Crippen molar-refractivity contribution in [2.75, 3.05) is 18.5 Å². The molecule has 0 aromatic heterocycles. The molecule has 3 amide bonds. The molecular formula is C15H20N4O6. The second-order valence-corrected chi connectivity index (χ2v) is 5.29.